The molecule has 2 N–H and O–H groups in total. The second kappa shape index (κ2) is 9.38. The zero-order valence-corrected chi connectivity index (χ0v) is 18.5. The first-order valence-corrected chi connectivity index (χ1v) is 11.1. The van der Waals surface area contributed by atoms with E-state index in [1.807, 2.05) is 12.3 Å². The maximum atomic E-state index is 12.7. The minimum Gasteiger partial charge on any atom is -0.459 e. The fourth-order valence-corrected chi connectivity index (χ4v) is 3.90. The first kappa shape index (κ1) is 22.9. The highest BCUT2D eigenvalue weighted by molar-refractivity contribution is 5.92. The molecule has 5 rings (SSSR count). The van der Waals surface area contributed by atoms with Gasteiger partial charge in [0.15, 0.2) is 0 Å². The average Bonchev–Trinajstić information content (AvgIpc) is 3.08. The molecule has 2 aromatic carbocycles. The van der Waals surface area contributed by atoms with Crippen molar-refractivity contribution in [1.29, 1.82) is 0 Å². The molecule has 3 heterocycles. The van der Waals surface area contributed by atoms with Gasteiger partial charge >= 0.3 is 6.18 Å². The van der Waals surface area contributed by atoms with Gasteiger partial charge in [-0.2, -0.15) is 13.2 Å². The topological polar surface area (TPSA) is 80.0 Å². The number of alkyl halides is 3. The molecule has 0 atom stereocenters. The number of halogens is 3. The summed E-state index contributed by atoms with van der Waals surface area (Å²) < 4.78 is 46.3. The summed E-state index contributed by atoms with van der Waals surface area (Å²) in [5.74, 6) is 0.938. The molecule has 1 aromatic heterocycles. The molecule has 3 aromatic rings. The van der Waals surface area contributed by atoms with Crippen LogP contribution in [0.15, 0.2) is 70.8 Å². The quantitative estimate of drug-likeness (QED) is 0.568. The molecule has 0 unspecified atom stereocenters. The van der Waals surface area contributed by atoms with Crippen LogP contribution in [0, 0.1) is 0 Å². The van der Waals surface area contributed by atoms with E-state index in [1.54, 1.807) is 30.6 Å². The molecular weight excluding hydrogens is 459 g/mol. The predicted octanol–water partition coefficient (Wildman–Crippen LogP) is 2.68. The van der Waals surface area contributed by atoms with Gasteiger partial charge in [-0.15, -0.1) is 0 Å². The number of aliphatic imine (C=N–C) groups is 1. The van der Waals surface area contributed by atoms with Gasteiger partial charge in [-0.25, -0.2) is 4.99 Å². The van der Waals surface area contributed by atoms with Crippen molar-refractivity contribution >= 4 is 23.7 Å². The van der Waals surface area contributed by atoms with Crippen LogP contribution in [0.1, 0.15) is 17.2 Å². The second-order valence-electron chi connectivity index (χ2n) is 8.33. The zero-order chi connectivity index (χ0) is 24.4. The Morgan fingerprint density at radius 1 is 1.09 bits per heavy atom. The summed E-state index contributed by atoms with van der Waals surface area (Å²) in [4.78, 5) is 21.1. The zero-order valence-electron chi connectivity index (χ0n) is 18.5. The Morgan fingerprint density at radius 3 is 2.49 bits per heavy atom. The first-order chi connectivity index (χ1) is 16.9. The van der Waals surface area contributed by atoms with Crippen molar-refractivity contribution in [3.05, 3.63) is 82.6 Å². The second-order valence-corrected chi connectivity index (χ2v) is 8.33. The van der Waals surface area contributed by atoms with Gasteiger partial charge < -0.3 is 19.9 Å². The van der Waals surface area contributed by atoms with E-state index in [-0.39, 0.29) is 12.3 Å². The normalized spacial score (nSPS) is 15.6. The molecule has 7 nitrogen and oxygen atoms in total. The number of nitrogens with one attached hydrogen (secondary N) is 2. The van der Waals surface area contributed by atoms with E-state index in [1.165, 1.54) is 12.1 Å². The molecule has 0 radical (unpaired) electrons. The monoisotopic (exact) mass is 481 g/mol. The summed E-state index contributed by atoms with van der Waals surface area (Å²) >= 11 is 0. The van der Waals surface area contributed by atoms with Crippen LogP contribution in [0.2, 0.25) is 0 Å². The van der Waals surface area contributed by atoms with Crippen molar-refractivity contribution in [2.75, 3.05) is 25.0 Å². The number of carbonyl (C=O) groups is 1. The summed E-state index contributed by atoms with van der Waals surface area (Å²) in [7, 11) is 0. The molecule has 10 heteroatoms. The minimum atomic E-state index is -4.40. The molecule has 1 fully saturated rings. The van der Waals surface area contributed by atoms with Gasteiger partial charge in [-0.3, -0.25) is 9.79 Å². The van der Waals surface area contributed by atoms with E-state index < -0.39 is 11.7 Å². The summed E-state index contributed by atoms with van der Waals surface area (Å²) in [6, 6.07) is 13.8. The number of rotatable bonds is 6. The van der Waals surface area contributed by atoms with Crippen LogP contribution in [0.4, 0.5) is 18.9 Å². The molecular formula is C25H22F3N5O2. The number of aromatic nitrogens is 1. The molecule has 0 saturated carbocycles. The maximum absolute atomic E-state index is 12.7. The molecule has 35 heavy (non-hydrogen) atoms. The number of amides is 1. The van der Waals surface area contributed by atoms with E-state index >= 15 is 0 Å². The van der Waals surface area contributed by atoms with Gasteiger partial charge in [-0.05, 0) is 48.0 Å². The van der Waals surface area contributed by atoms with Crippen molar-refractivity contribution in [2.45, 2.75) is 18.6 Å². The van der Waals surface area contributed by atoms with Crippen LogP contribution in [-0.4, -0.2) is 36.4 Å². The lowest BCUT2D eigenvalue weighted by atomic mass is 10.1. The van der Waals surface area contributed by atoms with Crippen LogP contribution >= 0.6 is 0 Å². The number of nitrogens with zero attached hydrogens (tertiary/aromatic N) is 3. The number of hydrogen-bond acceptors (Lipinski definition) is 5. The van der Waals surface area contributed by atoms with Gasteiger partial charge in [0.05, 0.1) is 29.8 Å². The molecule has 0 bridgehead atoms. The highest BCUT2D eigenvalue weighted by Crippen LogP contribution is 2.29. The number of fused-ring (bicyclic) bond motifs is 1. The molecule has 1 amide bonds. The summed E-state index contributed by atoms with van der Waals surface area (Å²) in [5.41, 5.74) is 1.12. The van der Waals surface area contributed by atoms with Crippen LogP contribution in [-0.2, 0) is 17.4 Å². The lowest BCUT2D eigenvalue weighted by molar-refractivity contribution is -0.137. The Balaban J connectivity index is 1.25. The highest BCUT2D eigenvalue weighted by Gasteiger charge is 2.30. The van der Waals surface area contributed by atoms with E-state index in [9.17, 15) is 18.0 Å². The van der Waals surface area contributed by atoms with E-state index in [4.69, 9.17) is 4.74 Å². The Kier molecular flexibility index (Phi) is 6.12. The van der Waals surface area contributed by atoms with E-state index in [0.29, 0.717) is 35.3 Å². The van der Waals surface area contributed by atoms with Crippen molar-refractivity contribution in [1.82, 2.24) is 9.88 Å². The molecule has 2 aliphatic rings. The van der Waals surface area contributed by atoms with Gasteiger partial charge in [0, 0.05) is 25.0 Å². The van der Waals surface area contributed by atoms with Crippen molar-refractivity contribution in [3.63, 3.8) is 0 Å². The number of anilines is 1. The number of carbonyl (C=O) groups excluding carboxylic acids is 1. The fourth-order valence-electron chi connectivity index (χ4n) is 3.90. The van der Waals surface area contributed by atoms with Gasteiger partial charge in [0.25, 0.3) is 0 Å². The third-order valence-corrected chi connectivity index (χ3v) is 5.86. The van der Waals surface area contributed by atoms with E-state index in [2.05, 4.69) is 25.2 Å². The molecule has 1 saturated heterocycles. The highest BCUT2D eigenvalue weighted by atomic mass is 19.4. The molecule has 0 spiro atoms. The lowest BCUT2D eigenvalue weighted by Gasteiger charge is -2.28. The smallest absolute Gasteiger partial charge is 0.416 e. The standard InChI is InChI=1S/C25H22F3N5O2/c26-25(27,28)17-3-1-16(2-4-17)11-23(34)32-18-5-7-20(8-6-18)35-22-14-30-15-31-24-21(22)9-10-33(24)19-12-29-13-19/h1-10,15,19,29H,11-14H2,(H,32,34). The Morgan fingerprint density at radius 2 is 1.83 bits per heavy atom. The van der Waals surface area contributed by atoms with Crippen molar-refractivity contribution in [2.24, 2.45) is 9.98 Å². The van der Waals surface area contributed by atoms with Gasteiger partial charge in [0.2, 0.25) is 5.91 Å². The van der Waals surface area contributed by atoms with Crippen LogP contribution in [0.3, 0.4) is 0 Å². The Bertz CT molecular complexity index is 1370. The third kappa shape index (κ3) is 5.12. The van der Waals surface area contributed by atoms with Crippen LogP contribution in [0.5, 0.6) is 5.75 Å². The number of benzene rings is 2. The molecule has 180 valence electrons. The minimum absolute atomic E-state index is 0.0356. The lowest BCUT2D eigenvalue weighted by Crippen LogP contribution is -2.48. The maximum Gasteiger partial charge on any atom is 0.416 e. The van der Waals surface area contributed by atoms with Crippen molar-refractivity contribution < 1.29 is 22.7 Å². The Hall–Kier alpha value is -3.92. The van der Waals surface area contributed by atoms with Gasteiger partial charge in [0.1, 0.15) is 23.3 Å². The van der Waals surface area contributed by atoms with E-state index in [0.717, 1.165) is 35.9 Å². The SMILES string of the molecule is O=C(Cc1ccc(C(F)(F)F)cc1)Nc1ccc(OC2=c3ccn(C4CNC4)c3=NC=NC2)cc1. The summed E-state index contributed by atoms with van der Waals surface area (Å²) in [6.07, 6.45) is -0.878. The first-order valence-electron chi connectivity index (χ1n) is 11.1. The number of ether oxygens (including phenoxy) is 1. The molecule has 2 aliphatic heterocycles. The summed E-state index contributed by atoms with van der Waals surface area (Å²) in [6.45, 7) is 2.15. The van der Waals surface area contributed by atoms with Gasteiger partial charge in [-0.1, -0.05) is 12.1 Å². The largest absolute Gasteiger partial charge is 0.459 e. The average molecular weight is 481 g/mol. The Labute approximate surface area is 198 Å². The third-order valence-electron chi connectivity index (χ3n) is 5.86. The number of hydrogen-bond donors (Lipinski definition) is 2. The predicted molar refractivity (Wildman–Crippen MR) is 125 cm³/mol. The van der Waals surface area contributed by atoms with Crippen LogP contribution in [0.25, 0.3) is 5.76 Å². The van der Waals surface area contributed by atoms with Crippen molar-refractivity contribution in [3.8, 4) is 5.75 Å². The van der Waals surface area contributed by atoms with Crippen LogP contribution < -0.4 is 26.1 Å². The fraction of sp³-hybridized carbons (Fsp3) is 0.240. The summed E-state index contributed by atoms with van der Waals surface area (Å²) in [5, 5.41) is 6.90. The molecule has 0 aliphatic carbocycles.